The Balaban J connectivity index is 1.56. The number of ether oxygens (including phenoxy) is 1. The predicted octanol–water partition coefficient (Wildman–Crippen LogP) is 2.35. The van der Waals surface area contributed by atoms with Crippen LogP contribution in [-0.4, -0.2) is 44.4 Å². The van der Waals surface area contributed by atoms with Crippen molar-refractivity contribution in [1.29, 1.82) is 0 Å². The number of hydrogen-bond donors (Lipinski definition) is 3. The minimum Gasteiger partial charge on any atom is -0.404 e. The van der Waals surface area contributed by atoms with Crippen LogP contribution in [0, 0.1) is 10.6 Å². The summed E-state index contributed by atoms with van der Waals surface area (Å²) in [4.78, 5) is 13.2. The third kappa shape index (κ3) is 4.20. The molecule has 3 heterocycles. The Morgan fingerprint density at radius 2 is 2.26 bits per heavy atom. The molecule has 0 radical (unpaired) electrons. The first-order valence-corrected chi connectivity index (χ1v) is 10.8. The fourth-order valence-corrected chi connectivity index (χ4v) is 4.52. The molecular weight excluding hydrogens is 485 g/mol. The van der Waals surface area contributed by atoms with Crippen LogP contribution in [0.4, 0.5) is 8.78 Å². The lowest BCUT2D eigenvalue weighted by molar-refractivity contribution is -0.205. The number of rotatable bonds is 4. The molecule has 31 heavy (non-hydrogen) atoms. The molecule has 0 bridgehead atoms. The highest BCUT2D eigenvalue weighted by Gasteiger charge is 2.57. The minimum absolute atomic E-state index is 0.106. The van der Waals surface area contributed by atoms with Crippen molar-refractivity contribution in [2.24, 2.45) is 0 Å². The molecule has 15 heteroatoms. The maximum absolute atomic E-state index is 15.4. The van der Waals surface area contributed by atoms with E-state index >= 15 is 4.39 Å². The Labute approximate surface area is 183 Å². The van der Waals surface area contributed by atoms with Crippen molar-refractivity contribution < 1.29 is 43.2 Å². The summed E-state index contributed by atoms with van der Waals surface area (Å²) >= 11 is 10.7. The molecule has 0 saturated carbocycles. The van der Waals surface area contributed by atoms with Gasteiger partial charge in [-0.05, 0) is 30.4 Å². The number of nitrogens with one attached hydrogen (secondary N) is 1. The first kappa shape index (κ1) is 21.2. The number of aliphatic hydroxyl groups is 2. The van der Waals surface area contributed by atoms with E-state index in [1.807, 2.05) is 4.98 Å². The van der Waals surface area contributed by atoms with Gasteiger partial charge < -0.3 is 19.5 Å². The second kappa shape index (κ2) is 8.01. The smallest absolute Gasteiger partial charge is 0.404 e. The summed E-state index contributed by atoms with van der Waals surface area (Å²) in [7, 11) is -4.39. The monoisotopic (exact) mass is 499 g/mol. The van der Waals surface area contributed by atoms with Gasteiger partial charge in [-0.2, -0.15) is 4.39 Å². The molecule has 3 N–H and O–H groups in total. The van der Waals surface area contributed by atoms with E-state index in [0.717, 1.165) is 0 Å². The number of fused-ring (bicyclic) bond motifs is 1. The van der Waals surface area contributed by atoms with Crippen LogP contribution >= 0.6 is 31.6 Å². The maximum atomic E-state index is 15.4. The first-order chi connectivity index (χ1) is 14.9. The molecule has 5 atom stereocenters. The zero-order chi connectivity index (χ0) is 23.5. The van der Waals surface area contributed by atoms with Crippen molar-refractivity contribution in [2.45, 2.75) is 30.9 Å². The standard InChI is InChI=1S/C16H14ClF2N2O8PS/c17-8-1-2-10-7(3-8)5-26-30(25,29-10)27-6-16(19)12(23)11(22)14(28-16)21-4-9(18)13(24)20-15(21)31/h1-4,11-12,14,22-23H,5-6H2,(H,20,24,31)/t11-,12+,14-,16-,30?/m1/s1/i14D. The number of aromatic amines is 1. The predicted molar refractivity (Wildman–Crippen MR) is 102 cm³/mol. The van der Waals surface area contributed by atoms with Crippen molar-refractivity contribution in [3.8, 4) is 5.75 Å². The lowest BCUT2D eigenvalue weighted by Crippen LogP contribution is -2.43. The molecular formula is C16H14ClF2N2O8PS. The molecule has 1 aromatic heterocycles. The van der Waals surface area contributed by atoms with Crippen molar-refractivity contribution in [3.63, 3.8) is 0 Å². The van der Waals surface area contributed by atoms with Gasteiger partial charge in [0, 0.05) is 10.6 Å². The minimum atomic E-state index is -4.39. The van der Waals surface area contributed by atoms with Crippen LogP contribution in [0.25, 0.3) is 0 Å². The lowest BCUT2D eigenvalue weighted by Gasteiger charge is -2.28. The van der Waals surface area contributed by atoms with Crippen molar-refractivity contribution >= 4 is 31.6 Å². The highest BCUT2D eigenvalue weighted by molar-refractivity contribution is 7.71. The molecule has 1 aromatic carbocycles. The number of alkyl halides is 1. The SMILES string of the molecule is [2H][C@@]1(n2cc(F)c(=O)[nH]c2=S)O[C@](F)(COP2(=O)OCc3cc(Cl)ccc3O2)[C@@H](O)[C@H]1O. The van der Waals surface area contributed by atoms with Crippen LogP contribution in [-0.2, 0) is 25.0 Å². The number of halogens is 3. The Bertz CT molecular complexity index is 1250. The van der Waals surface area contributed by atoms with Crippen LogP contribution < -0.4 is 10.1 Å². The molecule has 2 aliphatic rings. The van der Waals surface area contributed by atoms with Crippen LogP contribution in [0.2, 0.25) is 5.02 Å². The number of aliphatic hydroxyl groups excluding tert-OH is 2. The molecule has 2 aromatic rings. The summed E-state index contributed by atoms with van der Waals surface area (Å²) in [5.74, 6) is -4.63. The van der Waals surface area contributed by atoms with E-state index in [9.17, 15) is 24.0 Å². The number of H-pyrrole nitrogens is 1. The van der Waals surface area contributed by atoms with Crippen molar-refractivity contribution in [3.05, 3.63) is 55.9 Å². The first-order valence-electron chi connectivity index (χ1n) is 9.01. The van der Waals surface area contributed by atoms with Crippen LogP contribution in [0.1, 0.15) is 13.1 Å². The number of hydrogen-bond acceptors (Lipinski definition) is 9. The molecule has 1 unspecified atom stereocenters. The van der Waals surface area contributed by atoms with Crippen LogP contribution in [0.5, 0.6) is 5.75 Å². The third-order valence-corrected chi connectivity index (χ3v) is 6.28. The molecule has 0 spiro atoms. The zero-order valence-electron chi connectivity index (χ0n) is 16.2. The van der Waals surface area contributed by atoms with Crippen molar-refractivity contribution in [2.75, 3.05) is 6.61 Å². The molecule has 10 nitrogen and oxygen atoms in total. The van der Waals surface area contributed by atoms with Gasteiger partial charge in [0.25, 0.3) is 11.4 Å². The zero-order valence-corrected chi connectivity index (χ0v) is 17.6. The van der Waals surface area contributed by atoms with Gasteiger partial charge in [0.1, 0.15) is 24.6 Å². The van der Waals surface area contributed by atoms with E-state index in [-0.39, 0.29) is 12.4 Å². The van der Waals surface area contributed by atoms with Crippen LogP contribution in [0.3, 0.4) is 0 Å². The highest BCUT2D eigenvalue weighted by atomic mass is 35.5. The van der Waals surface area contributed by atoms with Crippen LogP contribution in [0.15, 0.2) is 29.2 Å². The van der Waals surface area contributed by atoms with E-state index in [1.165, 1.54) is 18.2 Å². The number of phosphoric acid groups is 1. The summed E-state index contributed by atoms with van der Waals surface area (Å²) in [6.45, 7) is -1.56. The van der Waals surface area contributed by atoms with E-state index in [0.29, 0.717) is 21.4 Å². The van der Waals surface area contributed by atoms with E-state index in [1.54, 1.807) is 0 Å². The number of benzene rings is 1. The second-order valence-corrected chi connectivity index (χ2v) is 8.98. The van der Waals surface area contributed by atoms with Gasteiger partial charge in [-0.1, -0.05) is 11.6 Å². The summed E-state index contributed by atoms with van der Waals surface area (Å²) in [6.07, 6.45) is -7.26. The summed E-state index contributed by atoms with van der Waals surface area (Å²) in [5, 5.41) is 20.8. The fourth-order valence-electron chi connectivity index (χ4n) is 2.86. The van der Waals surface area contributed by atoms with E-state index < -0.39 is 54.8 Å². The van der Waals surface area contributed by atoms with Gasteiger partial charge in [0.2, 0.25) is 5.82 Å². The summed E-state index contributed by atoms with van der Waals surface area (Å²) in [6, 6.07) is 4.35. The van der Waals surface area contributed by atoms with E-state index in [4.69, 9.17) is 43.5 Å². The van der Waals surface area contributed by atoms with Gasteiger partial charge in [0.05, 0.1) is 14.2 Å². The summed E-state index contributed by atoms with van der Waals surface area (Å²) < 4.78 is 69.8. The Morgan fingerprint density at radius 3 is 3.00 bits per heavy atom. The Morgan fingerprint density at radius 1 is 1.52 bits per heavy atom. The molecule has 1 saturated heterocycles. The van der Waals surface area contributed by atoms with Gasteiger partial charge >= 0.3 is 7.82 Å². The molecule has 4 rings (SSSR count). The Hall–Kier alpha value is -1.70. The van der Waals surface area contributed by atoms with Gasteiger partial charge in [-0.3, -0.25) is 23.4 Å². The lowest BCUT2D eigenvalue weighted by atomic mass is 10.1. The molecule has 0 aliphatic carbocycles. The molecule has 168 valence electrons. The third-order valence-electron chi connectivity index (χ3n) is 4.43. The maximum Gasteiger partial charge on any atom is 0.530 e. The number of phosphoric ester groups is 1. The average Bonchev–Trinajstić information content (AvgIpc) is 2.91. The van der Waals surface area contributed by atoms with Gasteiger partial charge in [-0.15, -0.1) is 0 Å². The largest absolute Gasteiger partial charge is 0.530 e. The van der Waals surface area contributed by atoms with Gasteiger partial charge in [0.15, 0.2) is 11.0 Å². The van der Waals surface area contributed by atoms with Crippen molar-refractivity contribution in [1.82, 2.24) is 9.55 Å². The number of aromatic nitrogens is 2. The average molecular weight is 500 g/mol. The topological polar surface area (TPSA) is 132 Å². The Kier molecular flexibility index (Phi) is 5.47. The quantitative estimate of drug-likeness (QED) is 0.428. The fraction of sp³-hybridized carbons (Fsp3) is 0.375. The molecule has 2 aliphatic heterocycles. The van der Waals surface area contributed by atoms with Gasteiger partial charge in [-0.25, -0.2) is 8.96 Å². The normalized spacial score (nSPS) is 35.3. The number of nitrogens with zero attached hydrogens (tertiary/aromatic N) is 1. The molecule has 1 fully saturated rings. The van der Waals surface area contributed by atoms with E-state index in [2.05, 4.69) is 0 Å². The molecule has 0 amide bonds. The highest BCUT2D eigenvalue weighted by Crippen LogP contribution is 2.56. The second-order valence-electron chi connectivity index (χ2n) is 6.56. The summed E-state index contributed by atoms with van der Waals surface area (Å²) in [5.41, 5.74) is -0.765.